The second-order valence-corrected chi connectivity index (χ2v) is 6.16. The molecule has 19 heavy (non-hydrogen) atoms. The van der Waals surface area contributed by atoms with Crippen LogP contribution in [0.1, 0.15) is 11.1 Å². The van der Waals surface area contributed by atoms with Crippen molar-refractivity contribution in [2.45, 2.75) is 13.8 Å². The molecule has 4 aromatic rings. The molecule has 0 heterocycles. The van der Waals surface area contributed by atoms with Gasteiger partial charge in [0.1, 0.15) is 0 Å². The molecule has 0 nitrogen and oxygen atoms in total. The lowest BCUT2D eigenvalue weighted by Crippen LogP contribution is -1.89. The van der Waals surface area contributed by atoms with Gasteiger partial charge in [-0.05, 0) is 63.4 Å². The van der Waals surface area contributed by atoms with Gasteiger partial charge in [-0.2, -0.15) is 0 Å². The second-order valence-electron chi connectivity index (χ2n) is 5.30. The zero-order chi connectivity index (χ0) is 13.1. The van der Waals surface area contributed by atoms with E-state index in [-0.39, 0.29) is 0 Å². The highest BCUT2D eigenvalue weighted by molar-refractivity contribution is 9.10. The van der Waals surface area contributed by atoms with Crippen molar-refractivity contribution in [3.63, 3.8) is 0 Å². The van der Waals surface area contributed by atoms with E-state index in [1.54, 1.807) is 0 Å². The van der Waals surface area contributed by atoms with Crippen molar-refractivity contribution in [3.8, 4) is 0 Å². The first kappa shape index (κ1) is 11.2. The van der Waals surface area contributed by atoms with Gasteiger partial charge in [-0.3, -0.25) is 0 Å². The highest BCUT2D eigenvalue weighted by Crippen LogP contribution is 2.39. The Labute approximate surface area is 120 Å². The van der Waals surface area contributed by atoms with Crippen LogP contribution in [0.25, 0.3) is 32.3 Å². The molecule has 0 amide bonds. The van der Waals surface area contributed by atoms with Crippen LogP contribution in [0, 0.1) is 13.8 Å². The van der Waals surface area contributed by atoms with Gasteiger partial charge in [-0.15, -0.1) is 0 Å². The van der Waals surface area contributed by atoms with E-state index >= 15 is 0 Å². The molecule has 0 aliphatic carbocycles. The van der Waals surface area contributed by atoms with Gasteiger partial charge in [-0.1, -0.05) is 52.3 Å². The fourth-order valence-corrected chi connectivity index (χ4v) is 3.71. The molecule has 0 atom stereocenters. The summed E-state index contributed by atoms with van der Waals surface area (Å²) in [6.07, 6.45) is 0. The fourth-order valence-electron chi connectivity index (χ4n) is 3.25. The molecular weight excluding hydrogens is 296 g/mol. The van der Waals surface area contributed by atoms with Crippen LogP contribution in [-0.2, 0) is 0 Å². The van der Waals surface area contributed by atoms with E-state index in [4.69, 9.17) is 0 Å². The van der Waals surface area contributed by atoms with Crippen molar-refractivity contribution in [2.24, 2.45) is 0 Å². The molecule has 1 heteroatoms. The lowest BCUT2D eigenvalue weighted by Gasteiger charge is -2.15. The van der Waals surface area contributed by atoms with Crippen LogP contribution in [0.2, 0.25) is 0 Å². The molecule has 0 unspecified atom stereocenters. The Kier molecular flexibility index (Phi) is 2.19. The maximum absolute atomic E-state index is 3.68. The molecule has 0 spiro atoms. The molecule has 0 N–H and O–H groups in total. The van der Waals surface area contributed by atoms with Crippen molar-refractivity contribution in [3.05, 3.63) is 58.1 Å². The summed E-state index contributed by atoms with van der Waals surface area (Å²) in [5, 5.41) is 8.17. The second kappa shape index (κ2) is 3.71. The quantitative estimate of drug-likeness (QED) is 0.351. The molecule has 0 aliphatic rings. The van der Waals surface area contributed by atoms with Gasteiger partial charge in [-0.25, -0.2) is 0 Å². The first-order valence-electron chi connectivity index (χ1n) is 6.50. The Morgan fingerprint density at radius 2 is 1.26 bits per heavy atom. The minimum absolute atomic E-state index is 1.17. The number of hydrogen-bond acceptors (Lipinski definition) is 0. The standard InChI is InChI=1S/C18H13Br/c1-10-9-11(2)14-6-7-15-16(19)8-4-12-3-5-13(10)18(14)17(12)15/h3-9H,1-2H3. The van der Waals surface area contributed by atoms with Crippen LogP contribution in [-0.4, -0.2) is 0 Å². The van der Waals surface area contributed by atoms with Crippen LogP contribution >= 0.6 is 15.9 Å². The maximum Gasteiger partial charge on any atom is 0.0254 e. The van der Waals surface area contributed by atoms with Crippen molar-refractivity contribution in [1.82, 2.24) is 0 Å². The molecule has 92 valence electrons. The normalized spacial score (nSPS) is 11.9. The van der Waals surface area contributed by atoms with Crippen molar-refractivity contribution >= 4 is 48.2 Å². The molecule has 0 saturated heterocycles. The Morgan fingerprint density at radius 1 is 0.684 bits per heavy atom. The van der Waals surface area contributed by atoms with E-state index < -0.39 is 0 Å². The third kappa shape index (κ3) is 1.39. The zero-order valence-electron chi connectivity index (χ0n) is 10.9. The highest BCUT2D eigenvalue weighted by atomic mass is 79.9. The molecule has 4 aromatic carbocycles. The maximum atomic E-state index is 3.68. The fraction of sp³-hybridized carbons (Fsp3) is 0.111. The lowest BCUT2D eigenvalue weighted by molar-refractivity contribution is 1.46. The predicted octanol–water partition coefficient (Wildman–Crippen LogP) is 5.96. The molecule has 0 fully saturated rings. The minimum Gasteiger partial charge on any atom is -0.0551 e. The molecule has 4 rings (SSSR count). The third-order valence-corrected chi connectivity index (χ3v) is 4.83. The van der Waals surface area contributed by atoms with Gasteiger partial charge < -0.3 is 0 Å². The average Bonchev–Trinajstić information content (AvgIpc) is 2.41. The summed E-state index contributed by atoms with van der Waals surface area (Å²) < 4.78 is 1.17. The van der Waals surface area contributed by atoms with Crippen LogP contribution in [0.3, 0.4) is 0 Å². The summed E-state index contributed by atoms with van der Waals surface area (Å²) in [6.45, 7) is 4.40. The van der Waals surface area contributed by atoms with Crippen LogP contribution in [0.5, 0.6) is 0 Å². The Balaban J connectivity index is 2.47. The summed E-state index contributed by atoms with van der Waals surface area (Å²) in [4.78, 5) is 0. The highest BCUT2D eigenvalue weighted by Gasteiger charge is 2.12. The summed E-state index contributed by atoms with van der Waals surface area (Å²) in [6, 6.07) is 15.6. The SMILES string of the molecule is Cc1cc(C)c2ccc3c(Br)ccc4ccc1c2c43. The van der Waals surface area contributed by atoms with Crippen LogP contribution in [0.4, 0.5) is 0 Å². The smallest absolute Gasteiger partial charge is 0.0254 e. The van der Waals surface area contributed by atoms with Crippen molar-refractivity contribution < 1.29 is 0 Å². The van der Waals surface area contributed by atoms with Crippen LogP contribution < -0.4 is 0 Å². The first-order chi connectivity index (χ1) is 9.16. The summed E-state index contributed by atoms with van der Waals surface area (Å²) in [7, 11) is 0. The summed E-state index contributed by atoms with van der Waals surface area (Å²) in [5.41, 5.74) is 2.72. The number of aryl methyl sites for hydroxylation is 2. The molecule has 0 bridgehead atoms. The van der Waals surface area contributed by atoms with Gasteiger partial charge in [0.15, 0.2) is 0 Å². The summed E-state index contributed by atoms with van der Waals surface area (Å²) >= 11 is 3.68. The zero-order valence-corrected chi connectivity index (χ0v) is 12.5. The van der Waals surface area contributed by atoms with E-state index in [1.165, 1.54) is 47.9 Å². The van der Waals surface area contributed by atoms with E-state index in [1.807, 2.05) is 0 Å². The van der Waals surface area contributed by atoms with Crippen molar-refractivity contribution in [2.75, 3.05) is 0 Å². The van der Waals surface area contributed by atoms with E-state index in [0.717, 1.165) is 0 Å². The third-order valence-electron chi connectivity index (χ3n) is 4.14. The first-order valence-corrected chi connectivity index (χ1v) is 7.29. The Morgan fingerprint density at radius 3 is 2.00 bits per heavy atom. The molecular formula is C18H13Br. The van der Waals surface area contributed by atoms with Crippen LogP contribution in [0.15, 0.2) is 46.9 Å². The monoisotopic (exact) mass is 308 g/mol. The molecule has 0 aromatic heterocycles. The van der Waals surface area contributed by atoms with Gasteiger partial charge in [0.2, 0.25) is 0 Å². The lowest BCUT2D eigenvalue weighted by atomic mass is 9.90. The predicted molar refractivity (Wildman–Crippen MR) is 87.3 cm³/mol. The van der Waals surface area contributed by atoms with E-state index in [9.17, 15) is 0 Å². The number of halogens is 1. The van der Waals surface area contributed by atoms with Gasteiger partial charge in [0.25, 0.3) is 0 Å². The van der Waals surface area contributed by atoms with Gasteiger partial charge in [0.05, 0.1) is 0 Å². The largest absolute Gasteiger partial charge is 0.0551 e. The minimum atomic E-state index is 1.17. The topological polar surface area (TPSA) is 0 Å². The number of hydrogen-bond donors (Lipinski definition) is 0. The molecule has 0 radical (unpaired) electrons. The van der Waals surface area contributed by atoms with E-state index in [0.29, 0.717) is 0 Å². The van der Waals surface area contributed by atoms with E-state index in [2.05, 4.69) is 72.2 Å². The number of rotatable bonds is 0. The van der Waals surface area contributed by atoms with Gasteiger partial charge in [0, 0.05) is 4.47 Å². The molecule has 0 aliphatic heterocycles. The molecule has 0 saturated carbocycles. The summed E-state index contributed by atoms with van der Waals surface area (Å²) in [5.74, 6) is 0. The number of benzene rings is 4. The average molecular weight is 309 g/mol. The Bertz CT molecular complexity index is 913. The Hall–Kier alpha value is -1.60. The van der Waals surface area contributed by atoms with Gasteiger partial charge >= 0.3 is 0 Å². The van der Waals surface area contributed by atoms with Crippen molar-refractivity contribution in [1.29, 1.82) is 0 Å².